The Morgan fingerprint density at radius 1 is 1.13 bits per heavy atom. The Bertz CT molecular complexity index is 413. The smallest absolute Gasteiger partial charge is 0.368 e. The van der Waals surface area contributed by atoms with Crippen LogP contribution < -0.4 is 0 Å². The van der Waals surface area contributed by atoms with Gasteiger partial charge in [-0.15, -0.1) is 0 Å². The van der Waals surface area contributed by atoms with Gasteiger partial charge in [-0.05, 0) is 18.8 Å². The maximum atomic E-state index is 12.6. The van der Waals surface area contributed by atoms with Gasteiger partial charge >= 0.3 is 6.18 Å². The first-order valence-electron chi connectivity index (χ1n) is 7.76. The molecule has 0 aromatic rings. The van der Waals surface area contributed by atoms with Gasteiger partial charge in [-0.3, -0.25) is 9.59 Å². The minimum Gasteiger partial charge on any atom is -0.368 e. The van der Waals surface area contributed by atoms with Gasteiger partial charge in [0.15, 0.2) is 0 Å². The number of carbonyl (C=O) groups excluding carboxylic acids is 2. The van der Waals surface area contributed by atoms with Crippen LogP contribution in [-0.2, 0) is 14.3 Å². The Morgan fingerprint density at radius 3 is 2.26 bits per heavy atom. The topological polar surface area (TPSA) is 49.9 Å². The molecule has 1 saturated carbocycles. The van der Waals surface area contributed by atoms with Gasteiger partial charge in [0.05, 0.1) is 6.10 Å². The van der Waals surface area contributed by atoms with Crippen molar-refractivity contribution in [3.8, 4) is 0 Å². The molecule has 0 aromatic carbocycles. The summed E-state index contributed by atoms with van der Waals surface area (Å²) < 4.78 is 43.4. The first kappa shape index (κ1) is 19.7. The van der Waals surface area contributed by atoms with Gasteiger partial charge in [-0.25, -0.2) is 0 Å². The third kappa shape index (κ3) is 7.20. The summed E-state index contributed by atoms with van der Waals surface area (Å²) in [5.74, 6) is -1.08. The van der Waals surface area contributed by atoms with Crippen LogP contribution in [0.25, 0.3) is 0 Å². The average molecular weight is 338 g/mol. The van der Waals surface area contributed by atoms with Gasteiger partial charge in [0.1, 0.15) is 19.7 Å². The van der Waals surface area contributed by atoms with Crippen LogP contribution in [0.3, 0.4) is 0 Å². The number of rotatable bonds is 6. The number of hydrogen-bond acceptors (Lipinski definition) is 3. The number of alkyl halides is 3. The molecule has 1 rings (SSSR count). The van der Waals surface area contributed by atoms with Gasteiger partial charge in [0.25, 0.3) is 0 Å². The van der Waals surface area contributed by atoms with Crippen LogP contribution >= 0.6 is 0 Å². The Kier molecular flexibility index (Phi) is 7.31. The van der Waals surface area contributed by atoms with Crippen molar-refractivity contribution >= 4 is 11.8 Å². The van der Waals surface area contributed by atoms with E-state index in [9.17, 15) is 22.8 Å². The van der Waals surface area contributed by atoms with E-state index in [0.29, 0.717) is 4.90 Å². The summed E-state index contributed by atoms with van der Waals surface area (Å²) >= 11 is 0. The second kappa shape index (κ2) is 8.52. The second-order valence-corrected chi connectivity index (χ2v) is 6.26. The van der Waals surface area contributed by atoms with E-state index in [1.807, 2.05) is 6.92 Å². The lowest BCUT2D eigenvalue weighted by atomic mass is 9.88. The van der Waals surface area contributed by atoms with E-state index in [4.69, 9.17) is 4.74 Å². The molecule has 0 heterocycles. The minimum absolute atomic E-state index is 0.106. The van der Waals surface area contributed by atoms with Crippen LogP contribution in [-0.4, -0.2) is 67.7 Å². The highest BCUT2D eigenvalue weighted by Gasteiger charge is 2.34. The fraction of sp³-hybridized carbons (Fsp3) is 0.867. The van der Waals surface area contributed by atoms with Crippen LogP contribution in [0.1, 0.15) is 32.6 Å². The Morgan fingerprint density at radius 2 is 1.74 bits per heavy atom. The summed E-state index contributed by atoms with van der Waals surface area (Å²) in [4.78, 5) is 25.3. The lowest BCUT2D eigenvalue weighted by molar-refractivity contribution is -0.168. The quantitative estimate of drug-likeness (QED) is 0.745. The van der Waals surface area contributed by atoms with Gasteiger partial charge < -0.3 is 14.5 Å². The fourth-order valence-electron chi connectivity index (χ4n) is 2.55. The van der Waals surface area contributed by atoms with Crippen LogP contribution in [0, 0.1) is 5.92 Å². The number of carbonyl (C=O) groups is 2. The van der Waals surface area contributed by atoms with Crippen molar-refractivity contribution in [1.82, 2.24) is 9.80 Å². The number of likely N-dealkylation sites (N-methyl/N-ethyl adjacent to an activating group) is 1. The maximum Gasteiger partial charge on any atom is 0.406 e. The Hall–Kier alpha value is -1.31. The standard InChI is InChI=1S/C15H25F3N2O3/c1-11-6-4-5-7-12(11)23-9-14(22)20(10-15(16,17)18)8-13(21)19(2)3/h11-12H,4-10H2,1-3H3. The first-order chi connectivity index (χ1) is 10.6. The van der Waals surface area contributed by atoms with Crippen molar-refractivity contribution < 1.29 is 27.5 Å². The molecular formula is C15H25F3N2O3. The second-order valence-electron chi connectivity index (χ2n) is 6.26. The number of ether oxygens (including phenoxy) is 1. The lowest BCUT2D eigenvalue weighted by Crippen LogP contribution is -2.46. The van der Waals surface area contributed by atoms with E-state index in [1.165, 1.54) is 14.1 Å². The molecule has 23 heavy (non-hydrogen) atoms. The number of amides is 2. The van der Waals surface area contributed by atoms with Gasteiger partial charge in [-0.2, -0.15) is 13.2 Å². The molecule has 5 nitrogen and oxygen atoms in total. The summed E-state index contributed by atoms with van der Waals surface area (Å²) in [5.41, 5.74) is 0. The number of hydrogen-bond donors (Lipinski definition) is 0. The van der Waals surface area contributed by atoms with Gasteiger partial charge in [0, 0.05) is 14.1 Å². The maximum absolute atomic E-state index is 12.6. The van der Waals surface area contributed by atoms with E-state index < -0.39 is 37.7 Å². The highest BCUT2D eigenvalue weighted by molar-refractivity contribution is 5.85. The average Bonchev–Trinajstić information content (AvgIpc) is 2.43. The lowest BCUT2D eigenvalue weighted by Gasteiger charge is -2.30. The van der Waals surface area contributed by atoms with Crippen molar-refractivity contribution in [2.75, 3.05) is 33.8 Å². The van der Waals surface area contributed by atoms with Crippen LogP contribution in [0.5, 0.6) is 0 Å². The molecule has 8 heteroatoms. The SMILES string of the molecule is CC1CCCCC1OCC(=O)N(CC(=O)N(C)C)CC(F)(F)F. The monoisotopic (exact) mass is 338 g/mol. The van der Waals surface area contributed by atoms with Gasteiger partial charge in [-0.1, -0.05) is 19.8 Å². The van der Waals surface area contributed by atoms with E-state index in [-0.39, 0.29) is 12.0 Å². The summed E-state index contributed by atoms with van der Waals surface area (Å²) in [5, 5.41) is 0. The highest BCUT2D eigenvalue weighted by atomic mass is 19.4. The Balaban J connectivity index is 2.61. The van der Waals surface area contributed by atoms with E-state index in [1.54, 1.807) is 0 Å². The third-order valence-corrected chi connectivity index (χ3v) is 4.00. The zero-order chi connectivity index (χ0) is 17.6. The van der Waals surface area contributed by atoms with Crippen LogP contribution in [0.4, 0.5) is 13.2 Å². The first-order valence-corrected chi connectivity index (χ1v) is 7.76. The molecule has 0 N–H and O–H groups in total. The molecule has 2 atom stereocenters. The summed E-state index contributed by atoms with van der Waals surface area (Å²) in [6.07, 6.45) is -0.763. The van der Waals surface area contributed by atoms with Crippen LogP contribution in [0.2, 0.25) is 0 Å². The molecule has 1 aliphatic carbocycles. The molecule has 2 amide bonds. The molecule has 1 fully saturated rings. The summed E-state index contributed by atoms with van der Waals surface area (Å²) in [7, 11) is 2.86. The molecule has 2 unspecified atom stereocenters. The van der Waals surface area contributed by atoms with Crippen molar-refractivity contribution in [2.24, 2.45) is 5.92 Å². The molecule has 134 valence electrons. The highest BCUT2D eigenvalue weighted by Crippen LogP contribution is 2.26. The predicted octanol–water partition coefficient (Wildman–Crippen LogP) is 2.06. The third-order valence-electron chi connectivity index (χ3n) is 4.00. The normalized spacial score (nSPS) is 21.8. The fourth-order valence-corrected chi connectivity index (χ4v) is 2.55. The zero-order valence-corrected chi connectivity index (χ0v) is 13.9. The molecule has 0 saturated heterocycles. The van der Waals surface area contributed by atoms with Gasteiger partial charge in [0.2, 0.25) is 11.8 Å². The van der Waals surface area contributed by atoms with Crippen molar-refractivity contribution in [3.63, 3.8) is 0 Å². The van der Waals surface area contributed by atoms with Crippen LogP contribution in [0.15, 0.2) is 0 Å². The largest absolute Gasteiger partial charge is 0.406 e. The van der Waals surface area contributed by atoms with E-state index >= 15 is 0 Å². The summed E-state index contributed by atoms with van der Waals surface area (Å²) in [6, 6.07) is 0. The number of halogens is 3. The van der Waals surface area contributed by atoms with Crippen molar-refractivity contribution in [2.45, 2.75) is 44.9 Å². The minimum atomic E-state index is -4.56. The van der Waals surface area contributed by atoms with Crippen molar-refractivity contribution in [1.29, 1.82) is 0 Å². The molecular weight excluding hydrogens is 313 g/mol. The van der Waals surface area contributed by atoms with E-state index in [2.05, 4.69) is 0 Å². The summed E-state index contributed by atoms with van der Waals surface area (Å²) in [6.45, 7) is -0.465. The molecule has 1 aliphatic rings. The van der Waals surface area contributed by atoms with Crippen molar-refractivity contribution in [3.05, 3.63) is 0 Å². The predicted molar refractivity (Wildman–Crippen MR) is 78.7 cm³/mol. The molecule has 0 aliphatic heterocycles. The molecule has 0 bridgehead atoms. The Labute approximate surface area is 134 Å². The zero-order valence-electron chi connectivity index (χ0n) is 13.9. The molecule has 0 aromatic heterocycles. The molecule has 0 radical (unpaired) electrons. The van der Waals surface area contributed by atoms with E-state index in [0.717, 1.165) is 30.6 Å². The number of nitrogens with zero attached hydrogens (tertiary/aromatic N) is 2. The molecule has 0 spiro atoms.